The third kappa shape index (κ3) is 2.93. The number of hydrogen-bond donors (Lipinski definition) is 1. The number of cyclic esters (lactones) is 1. The molecule has 5 nitrogen and oxygen atoms in total. The van der Waals surface area contributed by atoms with Crippen molar-refractivity contribution >= 4 is 23.6 Å². The van der Waals surface area contributed by atoms with Crippen LogP contribution in [0.5, 0.6) is 5.75 Å². The van der Waals surface area contributed by atoms with E-state index in [9.17, 15) is 9.59 Å². The van der Waals surface area contributed by atoms with Gasteiger partial charge in [0.2, 0.25) is 6.10 Å². The summed E-state index contributed by atoms with van der Waals surface area (Å²) < 4.78 is 9.89. The van der Waals surface area contributed by atoms with Gasteiger partial charge in [-0.2, -0.15) is 0 Å². The van der Waals surface area contributed by atoms with Crippen LogP contribution in [0.2, 0.25) is 5.02 Å². The van der Waals surface area contributed by atoms with E-state index >= 15 is 0 Å². The molecule has 0 saturated carbocycles. The van der Waals surface area contributed by atoms with Gasteiger partial charge in [-0.05, 0) is 18.2 Å². The van der Waals surface area contributed by atoms with Gasteiger partial charge in [0.1, 0.15) is 5.75 Å². The Morgan fingerprint density at radius 3 is 2.65 bits per heavy atom. The number of amides is 2. The zero-order valence-corrected chi connectivity index (χ0v) is 12.1. The van der Waals surface area contributed by atoms with Crippen LogP contribution in [0.25, 0.3) is 0 Å². The molecule has 2 rings (SSSR count). The Balaban J connectivity index is 0.00000144. The second-order valence-corrected chi connectivity index (χ2v) is 3.60. The molecule has 0 aliphatic carbocycles. The molecule has 1 aromatic rings. The first kappa shape index (κ1) is 14.3. The summed E-state index contributed by atoms with van der Waals surface area (Å²) in [5.74, 6) is -0.0789. The summed E-state index contributed by atoms with van der Waals surface area (Å²) in [6.07, 6.45) is -1.77. The van der Waals surface area contributed by atoms with Crippen molar-refractivity contribution in [3.8, 4) is 5.75 Å². The summed E-state index contributed by atoms with van der Waals surface area (Å²) in [6, 6.07) is 4.76. The molecule has 17 heavy (non-hydrogen) atoms. The van der Waals surface area contributed by atoms with Crippen molar-refractivity contribution in [3.63, 3.8) is 0 Å². The second-order valence-electron chi connectivity index (χ2n) is 3.16. The van der Waals surface area contributed by atoms with Crippen LogP contribution in [-0.2, 0) is 9.53 Å². The molecule has 0 spiro atoms. The van der Waals surface area contributed by atoms with Crippen LogP contribution in [0.1, 0.15) is 11.7 Å². The summed E-state index contributed by atoms with van der Waals surface area (Å²) in [5, 5.41) is 2.47. The average molecular weight is 265 g/mol. The van der Waals surface area contributed by atoms with Crippen LogP contribution in [-0.4, -0.2) is 19.1 Å². The number of halogens is 1. The first-order valence-electron chi connectivity index (χ1n) is 4.46. The molecule has 0 radical (unpaired) electrons. The van der Waals surface area contributed by atoms with Gasteiger partial charge in [-0.1, -0.05) is 11.6 Å². The Morgan fingerprint density at radius 1 is 1.41 bits per heavy atom. The van der Waals surface area contributed by atoms with Crippen molar-refractivity contribution in [1.82, 2.24) is 5.32 Å². The Labute approximate surface area is 125 Å². The second kappa shape index (κ2) is 5.73. The summed E-state index contributed by atoms with van der Waals surface area (Å²) in [6.45, 7) is 0. The molecule has 2 amide bonds. The van der Waals surface area contributed by atoms with Crippen LogP contribution in [0, 0.1) is 0 Å². The van der Waals surface area contributed by atoms with Crippen LogP contribution < -0.4 is 39.6 Å². The fourth-order valence-corrected chi connectivity index (χ4v) is 1.65. The molecular weight excluding hydrogens is 257 g/mol. The Bertz CT molecular complexity index is 466. The first-order valence-corrected chi connectivity index (χ1v) is 4.84. The number of alkyl carbamates (subject to hydrolysis) is 1. The van der Waals surface area contributed by atoms with Crippen molar-refractivity contribution in [3.05, 3.63) is 28.8 Å². The van der Waals surface area contributed by atoms with Crippen molar-refractivity contribution in [2.45, 2.75) is 6.10 Å². The number of benzene rings is 1. The topological polar surface area (TPSA) is 64.6 Å². The third-order valence-corrected chi connectivity index (χ3v) is 2.40. The molecular formula is C10H8ClNNaO4+. The number of carbonyl (C=O) groups is 2. The normalized spacial score (nSPS) is 18.1. The Hall–Kier alpha value is -0.750. The summed E-state index contributed by atoms with van der Waals surface area (Å²) in [5.41, 5.74) is 0.429. The Kier molecular flexibility index (Phi) is 4.82. The molecule has 1 heterocycles. The molecule has 7 heteroatoms. The van der Waals surface area contributed by atoms with Crippen molar-refractivity contribution in [1.29, 1.82) is 0 Å². The maximum atomic E-state index is 11.4. The number of ether oxygens (including phenoxy) is 2. The van der Waals surface area contributed by atoms with Gasteiger partial charge in [-0.15, -0.1) is 0 Å². The maximum Gasteiger partial charge on any atom is 1.00 e. The quantitative estimate of drug-likeness (QED) is 0.672. The molecule has 1 fully saturated rings. The fourth-order valence-electron chi connectivity index (χ4n) is 1.47. The predicted octanol–water partition coefficient (Wildman–Crippen LogP) is -1.34. The minimum Gasteiger partial charge on any atom is -0.496 e. The van der Waals surface area contributed by atoms with Crippen LogP contribution >= 0.6 is 11.6 Å². The van der Waals surface area contributed by atoms with Gasteiger partial charge < -0.3 is 9.47 Å². The standard InChI is InChI=1S/C10H8ClNO4.Na/c1-15-7-3-2-5(11)4-6(7)8-9(13)12-10(14)16-8;/h2-4,8H,1H3,(H,12,13,14);/q;+1. The summed E-state index contributed by atoms with van der Waals surface area (Å²) >= 11 is 5.81. The number of nitrogens with one attached hydrogen (secondary N) is 1. The van der Waals surface area contributed by atoms with Gasteiger partial charge in [0.25, 0.3) is 5.91 Å². The summed E-state index contributed by atoms with van der Waals surface area (Å²) in [7, 11) is 1.46. The van der Waals surface area contributed by atoms with Gasteiger partial charge >= 0.3 is 35.7 Å². The monoisotopic (exact) mass is 264 g/mol. The maximum absolute atomic E-state index is 11.4. The van der Waals surface area contributed by atoms with Gasteiger partial charge in [-0.25, -0.2) is 4.79 Å². The molecule has 1 unspecified atom stereocenters. The van der Waals surface area contributed by atoms with Gasteiger partial charge in [-0.3, -0.25) is 10.1 Å². The molecule has 1 N–H and O–H groups in total. The van der Waals surface area contributed by atoms with E-state index in [4.69, 9.17) is 21.1 Å². The number of hydrogen-bond acceptors (Lipinski definition) is 4. The molecule has 0 bridgehead atoms. The van der Waals surface area contributed by atoms with E-state index in [1.807, 2.05) is 5.32 Å². The van der Waals surface area contributed by atoms with Gasteiger partial charge in [0.15, 0.2) is 0 Å². The average Bonchev–Trinajstić information content (AvgIpc) is 2.57. The van der Waals surface area contributed by atoms with Gasteiger partial charge in [0, 0.05) is 10.6 Å². The van der Waals surface area contributed by atoms with E-state index in [2.05, 4.69) is 0 Å². The molecule has 1 aromatic carbocycles. The van der Waals surface area contributed by atoms with E-state index in [0.717, 1.165) is 0 Å². The van der Waals surface area contributed by atoms with Crippen LogP contribution in [0.15, 0.2) is 18.2 Å². The SMILES string of the molecule is COc1ccc(Cl)cc1C1OC(=O)NC1=O.[Na+]. The number of methoxy groups -OCH3 is 1. The summed E-state index contributed by atoms with van der Waals surface area (Å²) in [4.78, 5) is 22.3. The minimum absolute atomic E-state index is 0. The van der Waals surface area contributed by atoms with E-state index < -0.39 is 18.1 Å². The zero-order valence-electron chi connectivity index (χ0n) is 9.32. The number of carbonyl (C=O) groups excluding carboxylic acids is 2. The molecule has 1 atom stereocenters. The van der Waals surface area contributed by atoms with Crippen LogP contribution in [0.4, 0.5) is 4.79 Å². The number of imide groups is 1. The van der Waals surface area contributed by atoms with Crippen molar-refractivity contribution in [2.24, 2.45) is 0 Å². The molecule has 84 valence electrons. The largest absolute Gasteiger partial charge is 1.00 e. The predicted molar refractivity (Wildman–Crippen MR) is 55.4 cm³/mol. The first-order chi connectivity index (χ1) is 7.61. The molecule has 0 aromatic heterocycles. The van der Waals surface area contributed by atoms with Crippen molar-refractivity contribution < 1.29 is 48.6 Å². The number of rotatable bonds is 2. The fraction of sp³-hybridized carbons (Fsp3) is 0.200. The van der Waals surface area contributed by atoms with E-state index in [-0.39, 0.29) is 29.6 Å². The zero-order chi connectivity index (χ0) is 11.7. The van der Waals surface area contributed by atoms with Gasteiger partial charge in [0.05, 0.1) is 7.11 Å². The van der Waals surface area contributed by atoms with Crippen LogP contribution in [0.3, 0.4) is 0 Å². The van der Waals surface area contributed by atoms with Crippen molar-refractivity contribution in [2.75, 3.05) is 7.11 Å². The third-order valence-electron chi connectivity index (χ3n) is 2.16. The van der Waals surface area contributed by atoms with E-state index in [1.165, 1.54) is 13.2 Å². The molecule has 1 aliphatic heterocycles. The van der Waals surface area contributed by atoms with E-state index in [0.29, 0.717) is 16.3 Å². The minimum atomic E-state index is -0.999. The molecule has 1 aliphatic rings. The Morgan fingerprint density at radius 2 is 2.12 bits per heavy atom. The van der Waals surface area contributed by atoms with E-state index in [1.54, 1.807) is 12.1 Å². The smallest absolute Gasteiger partial charge is 0.496 e. The molecule has 1 saturated heterocycles.